The lowest BCUT2D eigenvalue weighted by atomic mass is 10.1. The maximum absolute atomic E-state index is 12.8. The van der Waals surface area contributed by atoms with E-state index in [1.807, 2.05) is 24.4 Å². The lowest BCUT2D eigenvalue weighted by molar-refractivity contribution is 0.312. The summed E-state index contributed by atoms with van der Waals surface area (Å²) in [5, 5.41) is 0.0705. The molecule has 34 heavy (non-hydrogen) atoms. The number of nitrogens with zero attached hydrogens (tertiary/aromatic N) is 5. The predicted octanol–water partition coefficient (Wildman–Crippen LogP) is 3.90. The number of benzene rings is 2. The minimum Gasteiger partial charge on any atom is -0.353 e. The molecule has 1 N–H and O–H groups in total. The summed E-state index contributed by atoms with van der Waals surface area (Å²) in [4.78, 5) is 18.3. The summed E-state index contributed by atoms with van der Waals surface area (Å²) < 4.78 is 28.1. The topological polar surface area (TPSA) is 91.3 Å². The highest BCUT2D eigenvalue weighted by Gasteiger charge is 2.18. The van der Waals surface area contributed by atoms with Gasteiger partial charge in [0, 0.05) is 37.9 Å². The summed E-state index contributed by atoms with van der Waals surface area (Å²) in [6, 6.07) is 15.5. The fourth-order valence-electron chi connectivity index (χ4n) is 3.85. The second-order valence-electron chi connectivity index (χ2n) is 8.20. The lowest BCUT2D eigenvalue weighted by Gasteiger charge is -2.33. The summed E-state index contributed by atoms with van der Waals surface area (Å²) in [7, 11) is -1.68. The van der Waals surface area contributed by atoms with E-state index in [4.69, 9.17) is 16.6 Å². The van der Waals surface area contributed by atoms with Crippen LogP contribution in [0.5, 0.6) is 0 Å². The number of hydrogen-bond donors (Lipinski definition) is 1. The summed E-state index contributed by atoms with van der Waals surface area (Å²) in [5.41, 5.74) is 3.30. The van der Waals surface area contributed by atoms with Crippen molar-refractivity contribution in [3.8, 4) is 11.1 Å². The SMILES string of the molecule is CN1CCN(c2cnc3ccc(-c4cnc(Cl)c(NS(=O)(=O)c5ccccc5)c4)cc3n2)CC1. The van der Waals surface area contributed by atoms with Crippen LogP contribution in [0.25, 0.3) is 22.2 Å². The average molecular weight is 495 g/mol. The quantitative estimate of drug-likeness (QED) is 0.421. The first kappa shape index (κ1) is 22.5. The summed E-state index contributed by atoms with van der Waals surface area (Å²) >= 11 is 6.22. The zero-order valence-corrected chi connectivity index (χ0v) is 20.1. The summed E-state index contributed by atoms with van der Waals surface area (Å²) in [5.74, 6) is 0.850. The first-order valence-corrected chi connectivity index (χ1v) is 12.7. The maximum Gasteiger partial charge on any atom is 0.261 e. The van der Waals surface area contributed by atoms with Gasteiger partial charge >= 0.3 is 0 Å². The zero-order valence-electron chi connectivity index (χ0n) is 18.5. The van der Waals surface area contributed by atoms with Crippen molar-refractivity contribution in [3.05, 3.63) is 72.1 Å². The Morgan fingerprint density at radius 2 is 1.65 bits per heavy atom. The number of halogens is 1. The number of nitrogens with one attached hydrogen (secondary N) is 1. The molecule has 0 aliphatic carbocycles. The second kappa shape index (κ2) is 9.17. The van der Waals surface area contributed by atoms with Gasteiger partial charge in [-0.15, -0.1) is 0 Å². The van der Waals surface area contributed by atoms with E-state index in [9.17, 15) is 8.42 Å². The highest BCUT2D eigenvalue weighted by Crippen LogP contribution is 2.30. The number of aromatic nitrogens is 3. The van der Waals surface area contributed by atoms with Gasteiger partial charge in [0.2, 0.25) is 0 Å². The Balaban J connectivity index is 1.46. The number of rotatable bonds is 5. The largest absolute Gasteiger partial charge is 0.353 e. The van der Waals surface area contributed by atoms with Gasteiger partial charge in [-0.2, -0.15) is 0 Å². The number of likely N-dealkylation sites (N-methyl/N-ethyl adjacent to an activating group) is 1. The van der Waals surface area contributed by atoms with E-state index in [0.717, 1.165) is 48.6 Å². The first-order valence-electron chi connectivity index (χ1n) is 10.8. The van der Waals surface area contributed by atoms with Gasteiger partial charge in [-0.25, -0.2) is 18.4 Å². The van der Waals surface area contributed by atoms with E-state index in [1.54, 1.807) is 30.5 Å². The molecule has 0 radical (unpaired) electrons. The number of hydrogen-bond acceptors (Lipinski definition) is 7. The Bertz CT molecular complexity index is 1440. The van der Waals surface area contributed by atoms with Crippen LogP contribution in [0.4, 0.5) is 11.5 Å². The van der Waals surface area contributed by atoms with Gasteiger partial charge in [-0.1, -0.05) is 35.9 Å². The van der Waals surface area contributed by atoms with Crippen molar-refractivity contribution in [2.45, 2.75) is 4.90 Å². The summed E-state index contributed by atoms with van der Waals surface area (Å²) in [6.45, 7) is 3.78. The Morgan fingerprint density at radius 1 is 0.882 bits per heavy atom. The van der Waals surface area contributed by atoms with E-state index in [1.165, 1.54) is 12.1 Å². The Kier molecular flexibility index (Phi) is 6.07. The minimum atomic E-state index is -3.80. The molecule has 4 aromatic rings. The molecule has 3 heterocycles. The number of anilines is 2. The van der Waals surface area contributed by atoms with Crippen LogP contribution < -0.4 is 9.62 Å². The van der Waals surface area contributed by atoms with Gasteiger partial charge in [-0.05, 0) is 42.9 Å². The summed E-state index contributed by atoms with van der Waals surface area (Å²) in [6.07, 6.45) is 3.43. The van der Waals surface area contributed by atoms with Crippen LogP contribution in [0.2, 0.25) is 5.15 Å². The van der Waals surface area contributed by atoms with Gasteiger partial charge in [0.15, 0.2) is 5.15 Å². The zero-order chi connectivity index (χ0) is 23.7. The van der Waals surface area contributed by atoms with Crippen LogP contribution in [0.3, 0.4) is 0 Å². The molecule has 2 aromatic carbocycles. The van der Waals surface area contributed by atoms with E-state index in [2.05, 4.69) is 31.5 Å². The van der Waals surface area contributed by atoms with Crippen molar-refractivity contribution in [1.29, 1.82) is 0 Å². The van der Waals surface area contributed by atoms with E-state index in [0.29, 0.717) is 5.56 Å². The highest BCUT2D eigenvalue weighted by molar-refractivity contribution is 7.92. The molecule has 2 aromatic heterocycles. The van der Waals surface area contributed by atoms with Crippen molar-refractivity contribution in [2.24, 2.45) is 0 Å². The molecule has 10 heteroatoms. The van der Waals surface area contributed by atoms with Crippen LogP contribution >= 0.6 is 11.6 Å². The normalized spacial score (nSPS) is 14.9. The van der Waals surface area contributed by atoms with Crippen LogP contribution in [0, 0.1) is 0 Å². The molecular weight excluding hydrogens is 472 g/mol. The van der Waals surface area contributed by atoms with Crippen molar-refractivity contribution in [2.75, 3.05) is 42.8 Å². The van der Waals surface area contributed by atoms with Gasteiger partial charge in [0.05, 0.1) is 27.8 Å². The third kappa shape index (κ3) is 4.68. The third-order valence-electron chi connectivity index (χ3n) is 5.83. The molecule has 1 aliphatic rings. The highest BCUT2D eigenvalue weighted by atomic mass is 35.5. The van der Waals surface area contributed by atoms with Gasteiger partial charge in [-0.3, -0.25) is 9.71 Å². The van der Waals surface area contributed by atoms with Crippen molar-refractivity contribution in [1.82, 2.24) is 19.9 Å². The van der Waals surface area contributed by atoms with Gasteiger partial charge in [0.1, 0.15) is 5.82 Å². The fraction of sp³-hybridized carbons (Fsp3) is 0.208. The van der Waals surface area contributed by atoms with Gasteiger partial charge < -0.3 is 9.80 Å². The molecular formula is C24H23ClN6O2S. The molecule has 1 fully saturated rings. The second-order valence-corrected chi connectivity index (χ2v) is 10.2. The molecule has 1 aliphatic heterocycles. The number of sulfonamides is 1. The predicted molar refractivity (Wildman–Crippen MR) is 135 cm³/mol. The van der Waals surface area contributed by atoms with Crippen molar-refractivity contribution >= 4 is 44.2 Å². The molecule has 1 saturated heterocycles. The molecule has 5 rings (SSSR count). The number of fused-ring (bicyclic) bond motifs is 1. The number of piperazine rings is 1. The maximum atomic E-state index is 12.8. The molecule has 0 unspecified atom stereocenters. The molecule has 0 spiro atoms. The first-order chi connectivity index (χ1) is 16.4. The third-order valence-corrected chi connectivity index (χ3v) is 7.51. The minimum absolute atomic E-state index is 0.0705. The Hall–Kier alpha value is -3.27. The van der Waals surface area contributed by atoms with E-state index >= 15 is 0 Å². The van der Waals surface area contributed by atoms with Crippen LogP contribution in [0.1, 0.15) is 0 Å². The van der Waals surface area contributed by atoms with Crippen LogP contribution in [-0.2, 0) is 10.0 Å². The molecule has 0 saturated carbocycles. The van der Waals surface area contributed by atoms with Crippen LogP contribution in [0.15, 0.2) is 71.9 Å². The van der Waals surface area contributed by atoms with Gasteiger partial charge in [0.25, 0.3) is 10.0 Å². The van der Waals surface area contributed by atoms with E-state index < -0.39 is 10.0 Å². The number of pyridine rings is 1. The molecule has 0 amide bonds. The molecule has 0 bridgehead atoms. The standard InChI is InChI=1S/C24H23ClN6O2S/c1-30-9-11-31(12-10-30)23-16-26-20-8-7-17(13-21(20)28-23)18-14-22(24(25)27-15-18)29-34(32,33)19-5-3-2-4-6-19/h2-8,13-16,29H,9-12H2,1H3. The average Bonchev–Trinajstić information content (AvgIpc) is 2.85. The molecule has 8 nitrogen and oxygen atoms in total. The van der Waals surface area contributed by atoms with Crippen molar-refractivity contribution < 1.29 is 8.42 Å². The molecule has 174 valence electrons. The lowest BCUT2D eigenvalue weighted by Crippen LogP contribution is -2.44. The fourth-order valence-corrected chi connectivity index (χ4v) is 5.14. The van der Waals surface area contributed by atoms with Crippen LogP contribution in [-0.4, -0.2) is 61.5 Å². The monoisotopic (exact) mass is 494 g/mol. The smallest absolute Gasteiger partial charge is 0.261 e. The Labute approximate surface area is 203 Å². The molecule has 0 atom stereocenters. The van der Waals surface area contributed by atoms with Crippen molar-refractivity contribution in [3.63, 3.8) is 0 Å². The Morgan fingerprint density at radius 3 is 2.41 bits per heavy atom. The van der Waals surface area contributed by atoms with E-state index in [-0.39, 0.29) is 15.7 Å².